The first-order chi connectivity index (χ1) is 21.4. The number of hydrogen-bond acceptors (Lipinski definition) is 5. The number of carbonyl (C=O) groups is 2. The van der Waals surface area contributed by atoms with Crippen molar-refractivity contribution < 1.29 is 19.4 Å². The molecule has 5 aromatic rings. The van der Waals surface area contributed by atoms with E-state index in [1.54, 1.807) is 19.1 Å². The van der Waals surface area contributed by atoms with Gasteiger partial charge in [0.05, 0.1) is 13.5 Å². The molecule has 0 spiro atoms. The van der Waals surface area contributed by atoms with Crippen molar-refractivity contribution in [3.05, 3.63) is 114 Å². The number of amides is 1. The van der Waals surface area contributed by atoms with Crippen LogP contribution in [0.1, 0.15) is 30.0 Å². The second-order valence-corrected chi connectivity index (χ2v) is 11.2. The number of methoxy groups -OCH3 is 1. The Morgan fingerprint density at radius 3 is 2.41 bits per heavy atom. The average Bonchev–Trinajstić information content (AvgIpc) is 3.44. The fourth-order valence-electron chi connectivity index (χ4n) is 5.92. The van der Waals surface area contributed by atoms with E-state index in [1.807, 2.05) is 78.8 Å². The summed E-state index contributed by atoms with van der Waals surface area (Å²) in [6.07, 6.45) is 2.79. The summed E-state index contributed by atoms with van der Waals surface area (Å²) in [5.41, 5.74) is 7.46. The van der Waals surface area contributed by atoms with Crippen LogP contribution in [-0.2, 0) is 29.0 Å². The molecule has 0 aliphatic rings. The van der Waals surface area contributed by atoms with Gasteiger partial charge in [-0.05, 0) is 46.9 Å². The number of para-hydroxylation sites is 2. The lowest BCUT2D eigenvalue weighted by atomic mass is 9.99. The van der Waals surface area contributed by atoms with Crippen LogP contribution in [0.2, 0.25) is 0 Å². The number of aromatic nitrogens is 1. The molecule has 0 aliphatic heterocycles. The van der Waals surface area contributed by atoms with Crippen LogP contribution in [0.5, 0.6) is 5.75 Å². The average molecular weight is 593 g/mol. The number of hydrogen-bond donors (Lipinski definition) is 3. The Balaban J connectivity index is 1.45. The monoisotopic (exact) mass is 592 g/mol. The molecule has 8 nitrogen and oxygen atoms in total. The minimum Gasteiger partial charge on any atom is -0.496 e. The van der Waals surface area contributed by atoms with E-state index in [9.17, 15) is 14.7 Å². The first-order valence-electron chi connectivity index (χ1n) is 15.0. The third-order valence-electron chi connectivity index (χ3n) is 8.13. The van der Waals surface area contributed by atoms with Crippen LogP contribution in [-0.4, -0.2) is 64.7 Å². The van der Waals surface area contributed by atoms with Gasteiger partial charge in [0.15, 0.2) is 0 Å². The molecule has 0 bridgehead atoms. The van der Waals surface area contributed by atoms with E-state index in [-0.39, 0.29) is 12.3 Å². The first kappa shape index (κ1) is 30.8. The lowest BCUT2D eigenvalue weighted by Gasteiger charge is -2.36. The molecular formula is C36H40N4O4. The molecule has 1 unspecified atom stereocenters. The number of aliphatic carboxylic acids is 1. The van der Waals surface area contributed by atoms with Crippen molar-refractivity contribution in [2.24, 2.45) is 0 Å². The molecule has 5 rings (SSSR count). The van der Waals surface area contributed by atoms with E-state index in [0.29, 0.717) is 25.9 Å². The number of H-pyrrole nitrogens is 1. The number of likely N-dealkylation sites (N-methyl/N-ethyl adjacent to an activating group) is 2. The van der Waals surface area contributed by atoms with Crippen LogP contribution >= 0.6 is 0 Å². The van der Waals surface area contributed by atoms with Gasteiger partial charge in [-0.15, -0.1) is 0 Å². The number of nitrogens with one attached hydrogen (secondary N) is 2. The van der Waals surface area contributed by atoms with Gasteiger partial charge in [0.2, 0.25) is 5.91 Å². The second kappa shape index (κ2) is 14.2. The Hall–Kier alpha value is -4.66. The molecule has 0 radical (unpaired) electrons. The number of nitrogens with zero attached hydrogens (tertiary/aromatic N) is 2. The minimum absolute atomic E-state index is 0.0698. The molecule has 228 valence electrons. The first-order valence-corrected chi connectivity index (χ1v) is 15.0. The van der Waals surface area contributed by atoms with Crippen LogP contribution in [0.3, 0.4) is 0 Å². The maximum Gasteiger partial charge on any atom is 0.304 e. The summed E-state index contributed by atoms with van der Waals surface area (Å²) in [5, 5.41) is 15.1. The van der Waals surface area contributed by atoms with Gasteiger partial charge in [0, 0.05) is 48.8 Å². The van der Waals surface area contributed by atoms with Gasteiger partial charge in [-0.2, -0.15) is 0 Å². The van der Waals surface area contributed by atoms with Crippen molar-refractivity contribution in [3.63, 3.8) is 0 Å². The van der Waals surface area contributed by atoms with Crippen LogP contribution in [0.25, 0.3) is 21.7 Å². The molecule has 1 amide bonds. The molecular weight excluding hydrogens is 552 g/mol. The Kier molecular flexibility index (Phi) is 9.94. The van der Waals surface area contributed by atoms with E-state index in [0.717, 1.165) is 44.1 Å². The van der Waals surface area contributed by atoms with Gasteiger partial charge < -0.3 is 19.7 Å². The van der Waals surface area contributed by atoms with Crippen molar-refractivity contribution >= 4 is 33.6 Å². The summed E-state index contributed by atoms with van der Waals surface area (Å²) in [7, 11) is 3.43. The Labute approximate surface area is 258 Å². The highest BCUT2D eigenvalue weighted by molar-refractivity contribution is 5.85. The number of carboxylic acid groups (broad SMARTS) is 1. The molecule has 3 N–H and O–H groups in total. The number of hydrazine groups is 1. The summed E-state index contributed by atoms with van der Waals surface area (Å²) in [6, 6.07) is 29.1. The van der Waals surface area contributed by atoms with E-state index in [1.165, 1.54) is 0 Å². The lowest BCUT2D eigenvalue weighted by Crippen LogP contribution is -2.57. The predicted octanol–water partition coefficient (Wildman–Crippen LogP) is 5.81. The van der Waals surface area contributed by atoms with Crippen molar-refractivity contribution in [1.29, 1.82) is 0 Å². The van der Waals surface area contributed by atoms with E-state index < -0.39 is 18.1 Å². The zero-order valence-electron chi connectivity index (χ0n) is 25.5. The number of fused-ring (bicyclic) bond motifs is 2. The summed E-state index contributed by atoms with van der Waals surface area (Å²) in [6.45, 7) is 2.86. The molecule has 2 atom stereocenters. The molecule has 0 fully saturated rings. The SMILES string of the molecule is CCN(N[C@H](CC(=O)O)Cc1c[nH]c2ccccc12)C(Cc1ccc2ccccc2c1)C(=O)N(C)Cc1ccccc1OC. The smallest absolute Gasteiger partial charge is 0.304 e. The quantitative estimate of drug-likeness (QED) is 0.141. The van der Waals surface area contributed by atoms with E-state index in [2.05, 4.69) is 40.7 Å². The summed E-state index contributed by atoms with van der Waals surface area (Å²) < 4.78 is 5.54. The van der Waals surface area contributed by atoms with Crippen molar-refractivity contribution in [2.45, 2.75) is 44.8 Å². The predicted molar refractivity (Wildman–Crippen MR) is 174 cm³/mol. The molecule has 8 heteroatoms. The third-order valence-corrected chi connectivity index (χ3v) is 8.13. The van der Waals surface area contributed by atoms with Gasteiger partial charge in [-0.25, -0.2) is 5.01 Å². The molecule has 44 heavy (non-hydrogen) atoms. The minimum atomic E-state index is -0.899. The van der Waals surface area contributed by atoms with Gasteiger partial charge in [0.1, 0.15) is 11.8 Å². The Bertz CT molecular complexity index is 1730. The number of rotatable bonds is 14. The highest BCUT2D eigenvalue weighted by Gasteiger charge is 2.31. The standard InChI is InChI=1S/C36H40N4O4/c1-4-40(38-30(22-35(41)42)21-29-23-37-32-15-9-8-14-31(29)32)33(20-25-17-18-26-11-5-6-12-27(26)19-25)36(43)39(2)24-28-13-7-10-16-34(28)44-3/h5-19,23,30,33,37-38H,4,20-22,24H2,1-3H3,(H,41,42)/t30-,33?/m0/s1. The van der Waals surface area contributed by atoms with Gasteiger partial charge in [-0.3, -0.25) is 15.0 Å². The van der Waals surface area contributed by atoms with Crippen LogP contribution < -0.4 is 10.2 Å². The van der Waals surface area contributed by atoms with Crippen LogP contribution in [0.4, 0.5) is 0 Å². The van der Waals surface area contributed by atoms with E-state index in [4.69, 9.17) is 4.74 Å². The van der Waals surface area contributed by atoms with Crippen molar-refractivity contribution in [2.75, 3.05) is 20.7 Å². The van der Waals surface area contributed by atoms with E-state index >= 15 is 0 Å². The van der Waals surface area contributed by atoms with Gasteiger partial charge >= 0.3 is 5.97 Å². The number of carbonyl (C=O) groups excluding carboxylic acids is 1. The maximum absolute atomic E-state index is 14.3. The number of ether oxygens (including phenoxy) is 1. The molecule has 1 aromatic heterocycles. The summed E-state index contributed by atoms with van der Waals surface area (Å²) in [5.74, 6) is -0.243. The number of carboxylic acids is 1. The number of aromatic amines is 1. The van der Waals surface area contributed by atoms with Crippen molar-refractivity contribution in [1.82, 2.24) is 20.3 Å². The molecule has 0 saturated heterocycles. The fraction of sp³-hybridized carbons (Fsp3) is 0.278. The molecule has 0 saturated carbocycles. The maximum atomic E-state index is 14.3. The largest absolute Gasteiger partial charge is 0.496 e. The summed E-state index contributed by atoms with van der Waals surface area (Å²) in [4.78, 5) is 31.3. The Morgan fingerprint density at radius 2 is 1.64 bits per heavy atom. The van der Waals surface area contributed by atoms with Gasteiger partial charge in [0.25, 0.3) is 0 Å². The topological polar surface area (TPSA) is 97.9 Å². The third kappa shape index (κ3) is 7.27. The van der Waals surface area contributed by atoms with Crippen molar-refractivity contribution in [3.8, 4) is 5.75 Å². The summed E-state index contributed by atoms with van der Waals surface area (Å²) >= 11 is 0. The highest BCUT2D eigenvalue weighted by atomic mass is 16.5. The zero-order chi connectivity index (χ0) is 31.1. The van der Waals surface area contributed by atoms with Gasteiger partial charge in [-0.1, -0.05) is 85.8 Å². The number of benzene rings is 4. The molecule has 0 aliphatic carbocycles. The normalized spacial score (nSPS) is 12.8. The molecule has 1 heterocycles. The van der Waals surface area contributed by atoms with Crippen LogP contribution in [0, 0.1) is 0 Å². The Morgan fingerprint density at radius 1 is 0.909 bits per heavy atom. The highest BCUT2D eigenvalue weighted by Crippen LogP contribution is 2.23. The zero-order valence-corrected chi connectivity index (χ0v) is 25.5. The lowest BCUT2D eigenvalue weighted by molar-refractivity contribution is -0.139. The van der Waals surface area contributed by atoms with Crippen LogP contribution in [0.15, 0.2) is 97.2 Å². The molecule has 4 aromatic carbocycles. The second-order valence-electron chi connectivity index (χ2n) is 11.2. The fourth-order valence-corrected chi connectivity index (χ4v) is 5.92.